The zero-order valence-electron chi connectivity index (χ0n) is 11.5. The van der Waals surface area contributed by atoms with E-state index in [4.69, 9.17) is 5.73 Å². The fourth-order valence-corrected chi connectivity index (χ4v) is 3.19. The highest BCUT2D eigenvalue weighted by Gasteiger charge is 2.07. The van der Waals surface area contributed by atoms with Crippen LogP contribution in [0.15, 0.2) is 59.5 Å². The molecule has 0 fully saturated rings. The normalized spacial score (nSPS) is 14.1. The van der Waals surface area contributed by atoms with Crippen LogP contribution in [0, 0.1) is 0 Å². The average molecular weight is 271 g/mol. The third kappa shape index (κ3) is 4.41. The van der Waals surface area contributed by atoms with E-state index in [-0.39, 0.29) is 6.04 Å². The summed E-state index contributed by atoms with van der Waals surface area (Å²) >= 11 is 1.90. The van der Waals surface area contributed by atoms with E-state index >= 15 is 0 Å². The number of thioether (sulfide) groups is 1. The van der Waals surface area contributed by atoms with Crippen molar-refractivity contribution in [3.8, 4) is 0 Å². The van der Waals surface area contributed by atoms with Gasteiger partial charge in [0.15, 0.2) is 0 Å². The molecule has 2 unspecified atom stereocenters. The van der Waals surface area contributed by atoms with Gasteiger partial charge >= 0.3 is 0 Å². The van der Waals surface area contributed by atoms with Crippen LogP contribution in [0.2, 0.25) is 0 Å². The van der Waals surface area contributed by atoms with Gasteiger partial charge in [0, 0.05) is 16.2 Å². The molecule has 19 heavy (non-hydrogen) atoms. The van der Waals surface area contributed by atoms with Gasteiger partial charge in [0.2, 0.25) is 0 Å². The van der Waals surface area contributed by atoms with Crippen LogP contribution in [0.25, 0.3) is 0 Å². The van der Waals surface area contributed by atoms with Crippen LogP contribution < -0.4 is 5.73 Å². The minimum Gasteiger partial charge on any atom is -0.328 e. The molecule has 0 aromatic heterocycles. The van der Waals surface area contributed by atoms with Crippen LogP contribution in [-0.4, -0.2) is 6.04 Å². The molecule has 0 amide bonds. The van der Waals surface area contributed by atoms with E-state index in [1.54, 1.807) is 0 Å². The predicted octanol–water partition coefficient (Wildman–Crippen LogP) is 4.43. The van der Waals surface area contributed by atoms with E-state index in [0.717, 1.165) is 6.42 Å². The first-order valence-electron chi connectivity index (χ1n) is 6.71. The Hall–Kier alpha value is -1.25. The molecule has 1 nitrogen and oxygen atoms in total. The summed E-state index contributed by atoms with van der Waals surface area (Å²) in [5, 5.41) is 0.465. The van der Waals surface area contributed by atoms with Gasteiger partial charge < -0.3 is 5.73 Å². The van der Waals surface area contributed by atoms with Gasteiger partial charge in [0.25, 0.3) is 0 Å². The molecular formula is C17H21NS. The van der Waals surface area contributed by atoms with Gasteiger partial charge in [-0.15, -0.1) is 11.8 Å². The Morgan fingerprint density at radius 2 is 1.74 bits per heavy atom. The SMILES string of the molecule is CC(N)Cc1cccc(SC(C)c2ccccc2)c1. The first-order valence-corrected chi connectivity index (χ1v) is 7.59. The van der Waals surface area contributed by atoms with Crippen molar-refractivity contribution < 1.29 is 0 Å². The second-order valence-electron chi connectivity index (χ2n) is 5.00. The first kappa shape index (κ1) is 14.2. The van der Waals surface area contributed by atoms with E-state index in [2.05, 4.69) is 61.5 Å². The van der Waals surface area contributed by atoms with Crippen molar-refractivity contribution in [2.75, 3.05) is 0 Å². The average Bonchev–Trinajstić information content (AvgIpc) is 2.39. The first-order chi connectivity index (χ1) is 9.15. The summed E-state index contributed by atoms with van der Waals surface area (Å²) in [6.07, 6.45) is 0.939. The number of hydrogen-bond donors (Lipinski definition) is 1. The maximum Gasteiger partial charge on any atom is 0.0316 e. The molecule has 2 rings (SSSR count). The van der Waals surface area contributed by atoms with Crippen LogP contribution in [-0.2, 0) is 6.42 Å². The molecule has 0 aliphatic carbocycles. The van der Waals surface area contributed by atoms with Gasteiger partial charge in [-0.05, 0) is 43.5 Å². The lowest BCUT2D eigenvalue weighted by molar-refractivity contribution is 0.737. The third-order valence-corrected chi connectivity index (χ3v) is 4.19. The Labute approximate surface area is 120 Å². The number of nitrogens with two attached hydrogens (primary N) is 1. The van der Waals surface area contributed by atoms with Crippen molar-refractivity contribution in [1.29, 1.82) is 0 Å². The van der Waals surface area contributed by atoms with E-state index in [1.807, 2.05) is 18.7 Å². The van der Waals surface area contributed by atoms with Crippen LogP contribution in [0.1, 0.15) is 30.2 Å². The molecule has 0 heterocycles. The maximum atomic E-state index is 5.86. The van der Waals surface area contributed by atoms with E-state index in [0.29, 0.717) is 5.25 Å². The maximum absolute atomic E-state index is 5.86. The van der Waals surface area contributed by atoms with Crippen molar-refractivity contribution in [2.24, 2.45) is 5.73 Å². The van der Waals surface area contributed by atoms with Crippen molar-refractivity contribution in [1.82, 2.24) is 0 Å². The number of hydrogen-bond acceptors (Lipinski definition) is 2. The third-order valence-electron chi connectivity index (χ3n) is 3.04. The Bertz CT molecular complexity index is 508. The summed E-state index contributed by atoms with van der Waals surface area (Å²) in [5.74, 6) is 0. The molecule has 0 bridgehead atoms. The summed E-state index contributed by atoms with van der Waals surface area (Å²) in [5.41, 5.74) is 8.55. The summed E-state index contributed by atoms with van der Waals surface area (Å²) in [4.78, 5) is 1.31. The fourth-order valence-electron chi connectivity index (χ4n) is 2.11. The van der Waals surface area contributed by atoms with Gasteiger partial charge in [-0.25, -0.2) is 0 Å². The lowest BCUT2D eigenvalue weighted by Crippen LogP contribution is -2.17. The molecule has 2 aromatic rings. The Morgan fingerprint density at radius 1 is 1.00 bits per heavy atom. The van der Waals surface area contributed by atoms with Gasteiger partial charge in [-0.1, -0.05) is 42.5 Å². The minimum absolute atomic E-state index is 0.215. The quantitative estimate of drug-likeness (QED) is 0.814. The van der Waals surface area contributed by atoms with Crippen molar-refractivity contribution >= 4 is 11.8 Å². The fraction of sp³-hybridized carbons (Fsp3) is 0.294. The highest BCUT2D eigenvalue weighted by atomic mass is 32.2. The molecule has 2 N–H and O–H groups in total. The van der Waals surface area contributed by atoms with E-state index < -0.39 is 0 Å². The molecule has 2 aromatic carbocycles. The summed E-state index contributed by atoms with van der Waals surface area (Å²) < 4.78 is 0. The zero-order valence-corrected chi connectivity index (χ0v) is 12.4. The van der Waals surface area contributed by atoms with Gasteiger partial charge in [0.05, 0.1) is 0 Å². The molecule has 0 saturated carbocycles. The molecule has 2 heteroatoms. The molecule has 0 aliphatic heterocycles. The molecule has 2 atom stereocenters. The smallest absolute Gasteiger partial charge is 0.0316 e. The molecule has 0 radical (unpaired) electrons. The van der Waals surface area contributed by atoms with E-state index in [1.165, 1.54) is 16.0 Å². The van der Waals surface area contributed by atoms with Crippen molar-refractivity contribution in [3.05, 3.63) is 65.7 Å². The molecule has 0 saturated heterocycles. The molecule has 0 spiro atoms. The Kier molecular flexibility index (Phi) is 5.06. The number of rotatable bonds is 5. The zero-order chi connectivity index (χ0) is 13.7. The number of benzene rings is 2. The van der Waals surface area contributed by atoms with Crippen LogP contribution in [0.5, 0.6) is 0 Å². The minimum atomic E-state index is 0.215. The standard InChI is InChI=1S/C17H21NS/c1-13(18)11-15-7-6-10-17(12-15)19-14(2)16-8-4-3-5-9-16/h3-10,12-14H,11,18H2,1-2H3. The van der Waals surface area contributed by atoms with Crippen molar-refractivity contribution in [2.45, 2.75) is 36.5 Å². The van der Waals surface area contributed by atoms with Crippen molar-refractivity contribution in [3.63, 3.8) is 0 Å². The molecule has 0 aliphatic rings. The topological polar surface area (TPSA) is 26.0 Å². The highest BCUT2D eigenvalue weighted by Crippen LogP contribution is 2.34. The summed E-state index contributed by atoms with van der Waals surface area (Å²) in [6.45, 7) is 4.30. The molecule has 100 valence electrons. The van der Waals surface area contributed by atoms with E-state index in [9.17, 15) is 0 Å². The van der Waals surface area contributed by atoms with Crippen LogP contribution in [0.3, 0.4) is 0 Å². The van der Waals surface area contributed by atoms with Gasteiger partial charge in [-0.3, -0.25) is 0 Å². The van der Waals surface area contributed by atoms with Gasteiger partial charge in [-0.2, -0.15) is 0 Å². The van der Waals surface area contributed by atoms with Crippen LogP contribution >= 0.6 is 11.8 Å². The lowest BCUT2D eigenvalue weighted by Gasteiger charge is -2.13. The second kappa shape index (κ2) is 6.78. The summed E-state index contributed by atoms with van der Waals surface area (Å²) in [6, 6.07) is 19.5. The van der Waals surface area contributed by atoms with Crippen LogP contribution in [0.4, 0.5) is 0 Å². The second-order valence-corrected chi connectivity index (χ2v) is 6.41. The monoisotopic (exact) mass is 271 g/mol. The predicted molar refractivity (Wildman–Crippen MR) is 84.5 cm³/mol. The largest absolute Gasteiger partial charge is 0.328 e. The van der Waals surface area contributed by atoms with Gasteiger partial charge in [0.1, 0.15) is 0 Å². The Morgan fingerprint density at radius 3 is 2.42 bits per heavy atom. The molecular weight excluding hydrogens is 250 g/mol. The lowest BCUT2D eigenvalue weighted by atomic mass is 10.1. The Balaban J connectivity index is 2.06. The highest BCUT2D eigenvalue weighted by molar-refractivity contribution is 7.99. The summed E-state index contributed by atoms with van der Waals surface area (Å²) in [7, 11) is 0.